The SMILES string of the molecule is COc1cc(OC)cc(C(=O)N2CCC[C@H]2c2nc3cc(-c4ccccc4OC)ccc3o2)c1. The Morgan fingerprint density at radius 2 is 1.74 bits per heavy atom. The molecule has 1 fully saturated rings. The minimum atomic E-state index is -0.230. The van der Waals surface area contributed by atoms with Crippen molar-refractivity contribution in [3.8, 4) is 28.4 Å². The van der Waals surface area contributed by atoms with Gasteiger partial charge in [-0.05, 0) is 48.7 Å². The summed E-state index contributed by atoms with van der Waals surface area (Å²) in [5.74, 6) is 2.39. The third-order valence-corrected chi connectivity index (χ3v) is 6.22. The molecule has 3 aromatic carbocycles. The Hall–Kier alpha value is -4.00. The molecular formula is C27H26N2O5. The summed E-state index contributed by atoms with van der Waals surface area (Å²) in [5.41, 5.74) is 3.93. The number of carbonyl (C=O) groups excluding carboxylic acids is 1. The number of fused-ring (bicyclic) bond motifs is 1. The zero-order valence-corrected chi connectivity index (χ0v) is 19.4. The fourth-order valence-corrected chi connectivity index (χ4v) is 4.50. The Balaban J connectivity index is 1.47. The molecule has 1 saturated heterocycles. The second-order valence-electron chi connectivity index (χ2n) is 8.19. The number of ether oxygens (including phenoxy) is 3. The van der Waals surface area contributed by atoms with E-state index in [2.05, 4.69) is 0 Å². The van der Waals surface area contributed by atoms with Gasteiger partial charge in [-0.25, -0.2) is 4.98 Å². The van der Waals surface area contributed by atoms with Gasteiger partial charge in [-0.2, -0.15) is 0 Å². The number of rotatable bonds is 6. The summed E-state index contributed by atoms with van der Waals surface area (Å²) >= 11 is 0. The summed E-state index contributed by atoms with van der Waals surface area (Å²) in [6.45, 7) is 0.633. The molecule has 34 heavy (non-hydrogen) atoms. The van der Waals surface area contributed by atoms with E-state index in [0.29, 0.717) is 35.1 Å². The van der Waals surface area contributed by atoms with Gasteiger partial charge in [0, 0.05) is 23.7 Å². The Kier molecular flexibility index (Phi) is 5.84. The summed E-state index contributed by atoms with van der Waals surface area (Å²) in [6, 6.07) is 18.8. The zero-order chi connectivity index (χ0) is 23.7. The lowest BCUT2D eigenvalue weighted by molar-refractivity contribution is 0.0716. The molecular weight excluding hydrogens is 432 g/mol. The molecule has 2 heterocycles. The van der Waals surface area contributed by atoms with E-state index in [0.717, 1.165) is 35.2 Å². The number of amides is 1. The molecule has 0 N–H and O–H groups in total. The van der Waals surface area contributed by atoms with E-state index in [1.54, 1.807) is 39.5 Å². The zero-order valence-electron chi connectivity index (χ0n) is 19.4. The summed E-state index contributed by atoms with van der Waals surface area (Å²) in [6.07, 6.45) is 1.67. The van der Waals surface area contributed by atoms with Crippen molar-refractivity contribution < 1.29 is 23.4 Å². The molecule has 1 aliphatic rings. The van der Waals surface area contributed by atoms with Crippen LogP contribution in [0.3, 0.4) is 0 Å². The molecule has 7 heteroatoms. The molecule has 0 bridgehead atoms. The van der Waals surface area contributed by atoms with Crippen LogP contribution in [0.25, 0.3) is 22.2 Å². The minimum absolute atomic E-state index is 0.100. The maximum Gasteiger partial charge on any atom is 0.254 e. The molecule has 1 atom stereocenters. The number of hydrogen-bond donors (Lipinski definition) is 0. The Bertz CT molecular complexity index is 1320. The number of hydrogen-bond acceptors (Lipinski definition) is 6. The number of benzene rings is 3. The molecule has 0 aliphatic carbocycles. The van der Waals surface area contributed by atoms with Crippen LogP contribution in [-0.4, -0.2) is 43.7 Å². The van der Waals surface area contributed by atoms with Gasteiger partial charge in [0.15, 0.2) is 5.58 Å². The highest BCUT2D eigenvalue weighted by Crippen LogP contribution is 2.37. The number of methoxy groups -OCH3 is 3. The van der Waals surface area contributed by atoms with E-state index in [1.165, 1.54) is 0 Å². The highest BCUT2D eigenvalue weighted by atomic mass is 16.5. The molecule has 5 rings (SSSR count). The molecule has 1 amide bonds. The number of oxazole rings is 1. The minimum Gasteiger partial charge on any atom is -0.497 e. The quantitative estimate of drug-likeness (QED) is 0.380. The first-order valence-corrected chi connectivity index (χ1v) is 11.2. The van der Waals surface area contributed by atoms with Crippen molar-refractivity contribution in [3.63, 3.8) is 0 Å². The third-order valence-electron chi connectivity index (χ3n) is 6.22. The second-order valence-corrected chi connectivity index (χ2v) is 8.19. The summed E-state index contributed by atoms with van der Waals surface area (Å²) in [5, 5.41) is 0. The predicted molar refractivity (Wildman–Crippen MR) is 129 cm³/mol. The van der Waals surface area contributed by atoms with Gasteiger partial charge in [-0.15, -0.1) is 0 Å². The van der Waals surface area contributed by atoms with Crippen LogP contribution in [0.4, 0.5) is 0 Å². The van der Waals surface area contributed by atoms with Gasteiger partial charge in [-0.1, -0.05) is 24.3 Å². The number of nitrogens with zero attached hydrogens (tertiary/aromatic N) is 2. The molecule has 174 valence electrons. The van der Waals surface area contributed by atoms with E-state index in [4.69, 9.17) is 23.6 Å². The maximum absolute atomic E-state index is 13.4. The average molecular weight is 459 g/mol. The van der Waals surface area contributed by atoms with Crippen molar-refractivity contribution in [2.24, 2.45) is 0 Å². The van der Waals surface area contributed by atoms with Gasteiger partial charge >= 0.3 is 0 Å². The van der Waals surface area contributed by atoms with E-state index >= 15 is 0 Å². The van der Waals surface area contributed by atoms with Crippen molar-refractivity contribution in [1.29, 1.82) is 0 Å². The monoisotopic (exact) mass is 458 g/mol. The van der Waals surface area contributed by atoms with Gasteiger partial charge < -0.3 is 23.5 Å². The predicted octanol–water partition coefficient (Wildman–Crippen LogP) is 5.50. The molecule has 7 nitrogen and oxygen atoms in total. The van der Waals surface area contributed by atoms with Crippen molar-refractivity contribution in [1.82, 2.24) is 9.88 Å². The molecule has 4 aromatic rings. The average Bonchev–Trinajstić information content (AvgIpc) is 3.54. The molecule has 0 unspecified atom stereocenters. The number of para-hydroxylation sites is 1. The van der Waals surface area contributed by atoms with Gasteiger partial charge in [0.2, 0.25) is 5.89 Å². The first kappa shape index (κ1) is 21.8. The van der Waals surface area contributed by atoms with Gasteiger partial charge in [0.1, 0.15) is 28.8 Å². The number of aromatic nitrogens is 1. The normalized spacial score (nSPS) is 15.5. The summed E-state index contributed by atoms with van der Waals surface area (Å²) in [4.78, 5) is 20.0. The van der Waals surface area contributed by atoms with Crippen LogP contribution in [0.1, 0.15) is 35.1 Å². The smallest absolute Gasteiger partial charge is 0.254 e. The highest BCUT2D eigenvalue weighted by molar-refractivity contribution is 5.95. The third kappa shape index (κ3) is 3.94. The molecule has 0 radical (unpaired) electrons. The maximum atomic E-state index is 13.4. The largest absolute Gasteiger partial charge is 0.497 e. The molecule has 0 saturated carbocycles. The summed E-state index contributed by atoms with van der Waals surface area (Å²) in [7, 11) is 4.80. The van der Waals surface area contributed by atoms with Crippen LogP contribution in [0.2, 0.25) is 0 Å². The number of likely N-dealkylation sites (tertiary alicyclic amines) is 1. The van der Waals surface area contributed by atoms with Crippen molar-refractivity contribution in [2.45, 2.75) is 18.9 Å². The van der Waals surface area contributed by atoms with Crippen LogP contribution >= 0.6 is 0 Å². The lowest BCUT2D eigenvalue weighted by Gasteiger charge is -2.22. The molecule has 1 aromatic heterocycles. The van der Waals surface area contributed by atoms with Crippen LogP contribution in [0.15, 0.2) is 65.1 Å². The van der Waals surface area contributed by atoms with Crippen LogP contribution in [-0.2, 0) is 0 Å². The van der Waals surface area contributed by atoms with E-state index in [1.807, 2.05) is 47.4 Å². The van der Waals surface area contributed by atoms with E-state index in [-0.39, 0.29) is 11.9 Å². The molecule has 1 aliphatic heterocycles. The molecule has 0 spiro atoms. The Labute approximate surface area is 197 Å². The topological polar surface area (TPSA) is 74.0 Å². The van der Waals surface area contributed by atoms with E-state index in [9.17, 15) is 4.79 Å². The first-order valence-electron chi connectivity index (χ1n) is 11.2. The number of carbonyl (C=O) groups is 1. The second kappa shape index (κ2) is 9.09. The van der Waals surface area contributed by atoms with Crippen molar-refractivity contribution in [2.75, 3.05) is 27.9 Å². The lowest BCUT2D eigenvalue weighted by Crippen LogP contribution is -2.30. The first-order chi connectivity index (χ1) is 16.6. The fraction of sp³-hybridized carbons (Fsp3) is 0.259. The highest BCUT2D eigenvalue weighted by Gasteiger charge is 2.34. The Morgan fingerprint density at radius 1 is 0.971 bits per heavy atom. The van der Waals surface area contributed by atoms with Crippen LogP contribution in [0, 0.1) is 0 Å². The fourth-order valence-electron chi connectivity index (χ4n) is 4.50. The van der Waals surface area contributed by atoms with Crippen LogP contribution in [0.5, 0.6) is 17.2 Å². The summed E-state index contributed by atoms with van der Waals surface area (Å²) < 4.78 is 22.3. The van der Waals surface area contributed by atoms with Gasteiger partial charge in [0.25, 0.3) is 5.91 Å². The van der Waals surface area contributed by atoms with Gasteiger partial charge in [-0.3, -0.25) is 4.79 Å². The van der Waals surface area contributed by atoms with Crippen molar-refractivity contribution >= 4 is 17.0 Å². The van der Waals surface area contributed by atoms with Gasteiger partial charge in [0.05, 0.1) is 21.3 Å². The van der Waals surface area contributed by atoms with Crippen LogP contribution < -0.4 is 14.2 Å². The van der Waals surface area contributed by atoms with E-state index < -0.39 is 0 Å². The standard InChI is InChI=1S/C27H26N2O5/c1-31-19-13-18(14-20(16-19)32-2)27(30)29-12-6-8-23(29)26-28-22-15-17(10-11-25(22)34-26)21-7-4-5-9-24(21)33-3/h4-5,7,9-11,13-16,23H,6,8,12H2,1-3H3/t23-/m0/s1. The lowest BCUT2D eigenvalue weighted by atomic mass is 10.0. The van der Waals surface area contributed by atoms with Crippen molar-refractivity contribution in [3.05, 3.63) is 72.1 Å². The Morgan fingerprint density at radius 3 is 2.47 bits per heavy atom.